The van der Waals surface area contributed by atoms with Crippen molar-refractivity contribution in [3.05, 3.63) is 0 Å². The Morgan fingerprint density at radius 2 is 1.85 bits per heavy atom. The molecular weight excluding hydrogens is 258 g/mol. The van der Waals surface area contributed by atoms with Gasteiger partial charge in [-0.2, -0.15) is 0 Å². The first-order valence-electron chi connectivity index (χ1n) is 7.41. The summed E-state index contributed by atoms with van der Waals surface area (Å²) in [5.74, 6) is 0.149. The fourth-order valence-electron chi connectivity index (χ4n) is 2.42. The molecule has 20 heavy (non-hydrogen) atoms. The lowest BCUT2D eigenvalue weighted by Gasteiger charge is -2.24. The van der Waals surface area contributed by atoms with Crippen LogP contribution in [-0.2, 0) is 14.3 Å². The summed E-state index contributed by atoms with van der Waals surface area (Å²) >= 11 is 0. The van der Waals surface area contributed by atoms with Gasteiger partial charge in [0.25, 0.3) is 0 Å². The van der Waals surface area contributed by atoms with Gasteiger partial charge >= 0.3 is 0 Å². The van der Waals surface area contributed by atoms with Crippen molar-refractivity contribution in [3.8, 4) is 0 Å². The first kappa shape index (κ1) is 16.9. The molecule has 0 bridgehead atoms. The number of hydrogen-bond donors (Lipinski definition) is 1. The third-order valence-corrected chi connectivity index (χ3v) is 3.64. The molecule has 1 atom stereocenters. The van der Waals surface area contributed by atoms with E-state index in [1.165, 1.54) is 0 Å². The second-order valence-electron chi connectivity index (χ2n) is 5.15. The molecule has 1 aliphatic rings. The van der Waals surface area contributed by atoms with Crippen LogP contribution in [0.3, 0.4) is 0 Å². The third kappa shape index (κ3) is 5.09. The second kappa shape index (κ2) is 8.92. The molecule has 0 saturated carbocycles. The highest BCUT2D eigenvalue weighted by atomic mass is 16.5. The molecule has 116 valence electrons. The normalized spacial score (nSPS) is 17.8. The molecule has 1 rings (SSSR count). The summed E-state index contributed by atoms with van der Waals surface area (Å²) in [5, 5.41) is 0. The van der Waals surface area contributed by atoms with Gasteiger partial charge in [-0.1, -0.05) is 6.92 Å². The Morgan fingerprint density at radius 1 is 1.20 bits per heavy atom. The van der Waals surface area contributed by atoms with Crippen molar-refractivity contribution < 1.29 is 14.3 Å². The Bertz CT molecular complexity index is 323. The van der Waals surface area contributed by atoms with Crippen LogP contribution in [0, 0.1) is 0 Å². The van der Waals surface area contributed by atoms with E-state index in [9.17, 15) is 9.59 Å². The minimum Gasteiger partial charge on any atom is -0.385 e. The highest BCUT2D eigenvalue weighted by molar-refractivity contribution is 5.82. The molecule has 1 fully saturated rings. The Labute approximate surface area is 121 Å². The highest BCUT2D eigenvalue weighted by Gasteiger charge is 2.24. The molecule has 0 aromatic rings. The smallest absolute Gasteiger partial charge is 0.239 e. The number of carbonyl (C=O) groups is 2. The van der Waals surface area contributed by atoms with Crippen molar-refractivity contribution in [2.75, 3.05) is 39.9 Å². The van der Waals surface area contributed by atoms with E-state index >= 15 is 0 Å². The summed E-state index contributed by atoms with van der Waals surface area (Å²) in [4.78, 5) is 27.6. The third-order valence-electron chi connectivity index (χ3n) is 3.64. The van der Waals surface area contributed by atoms with Gasteiger partial charge in [-0.3, -0.25) is 9.59 Å². The summed E-state index contributed by atoms with van der Waals surface area (Å²) < 4.78 is 4.97. The summed E-state index contributed by atoms with van der Waals surface area (Å²) in [7, 11) is 1.64. The lowest BCUT2D eigenvalue weighted by molar-refractivity contribution is -0.134. The Morgan fingerprint density at radius 3 is 2.50 bits per heavy atom. The quantitative estimate of drug-likeness (QED) is 0.708. The van der Waals surface area contributed by atoms with Crippen molar-refractivity contribution in [1.82, 2.24) is 9.80 Å². The molecule has 0 aromatic carbocycles. The number of rotatable bonds is 6. The molecule has 2 N–H and O–H groups in total. The van der Waals surface area contributed by atoms with E-state index in [2.05, 4.69) is 0 Å². The van der Waals surface area contributed by atoms with Crippen LogP contribution in [0.25, 0.3) is 0 Å². The maximum atomic E-state index is 12.2. The largest absolute Gasteiger partial charge is 0.385 e. The molecule has 2 amide bonds. The lowest BCUT2D eigenvalue weighted by Crippen LogP contribution is -2.45. The van der Waals surface area contributed by atoms with Crippen molar-refractivity contribution in [1.29, 1.82) is 0 Å². The van der Waals surface area contributed by atoms with E-state index in [-0.39, 0.29) is 11.8 Å². The number of nitrogens with two attached hydrogens (primary N) is 1. The highest BCUT2D eigenvalue weighted by Crippen LogP contribution is 2.08. The van der Waals surface area contributed by atoms with Crippen molar-refractivity contribution >= 4 is 11.8 Å². The molecule has 0 aromatic heterocycles. The minimum atomic E-state index is -0.460. The Balaban J connectivity index is 2.43. The first-order chi connectivity index (χ1) is 9.60. The molecule has 0 radical (unpaired) electrons. The maximum Gasteiger partial charge on any atom is 0.239 e. The number of hydrogen-bond acceptors (Lipinski definition) is 4. The molecule has 1 heterocycles. The standard InChI is InChI=1S/C14H27N3O3/c1-3-13(18)16-7-5-8-17(10-9-16)14(19)12(15)6-4-11-20-2/h12H,3-11,15H2,1-2H3. The lowest BCUT2D eigenvalue weighted by atomic mass is 10.1. The molecule has 1 saturated heterocycles. The second-order valence-corrected chi connectivity index (χ2v) is 5.15. The average Bonchev–Trinajstić information content (AvgIpc) is 2.71. The van der Waals surface area contributed by atoms with E-state index in [1.54, 1.807) is 12.0 Å². The van der Waals surface area contributed by atoms with E-state index in [1.807, 2.05) is 11.8 Å². The molecule has 0 spiro atoms. The monoisotopic (exact) mass is 285 g/mol. The SMILES string of the molecule is CCC(=O)N1CCCN(C(=O)C(N)CCCOC)CC1. The predicted octanol–water partition coefficient (Wildman–Crippen LogP) is 0.211. The molecule has 1 aliphatic heterocycles. The fourth-order valence-corrected chi connectivity index (χ4v) is 2.42. The first-order valence-corrected chi connectivity index (χ1v) is 7.41. The van der Waals surface area contributed by atoms with Gasteiger partial charge in [0.1, 0.15) is 0 Å². The molecule has 0 aliphatic carbocycles. The van der Waals surface area contributed by atoms with Gasteiger partial charge in [-0.15, -0.1) is 0 Å². The maximum absolute atomic E-state index is 12.2. The van der Waals surface area contributed by atoms with Gasteiger partial charge < -0.3 is 20.3 Å². The van der Waals surface area contributed by atoms with Gasteiger partial charge in [-0.25, -0.2) is 0 Å². The number of carbonyl (C=O) groups excluding carboxylic acids is 2. The van der Waals surface area contributed by atoms with E-state index < -0.39 is 6.04 Å². The zero-order chi connectivity index (χ0) is 15.0. The molecule has 6 nitrogen and oxygen atoms in total. The van der Waals surface area contributed by atoms with Crippen LogP contribution >= 0.6 is 0 Å². The summed E-state index contributed by atoms with van der Waals surface area (Å²) in [6, 6.07) is -0.460. The topological polar surface area (TPSA) is 75.9 Å². The minimum absolute atomic E-state index is 0.00750. The fraction of sp³-hybridized carbons (Fsp3) is 0.857. The average molecular weight is 285 g/mol. The van der Waals surface area contributed by atoms with Gasteiger partial charge in [0, 0.05) is 46.3 Å². The summed E-state index contributed by atoms with van der Waals surface area (Å²) in [5.41, 5.74) is 5.93. The number of amides is 2. The zero-order valence-corrected chi connectivity index (χ0v) is 12.6. The van der Waals surface area contributed by atoms with Gasteiger partial charge in [0.05, 0.1) is 6.04 Å². The number of methoxy groups -OCH3 is 1. The van der Waals surface area contributed by atoms with Crippen molar-refractivity contribution in [3.63, 3.8) is 0 Å². The van der Waals surface area contributed by atoms with Gasteiger partial charge in [0.2, 0.25) is 11.8 Å². The van der Waals surface area contributed by atoms with Crippen molar-refractivity contribution in [2.45, 2.75) is 38.6 Å². The molecule has 1 unspecified atom stereocenters. The van der Waals surface area contributed by atoms with Crippen molar-refractivity contribution in [2.24, 2.45) is 5.73 Å². The van der Waals surface area contributed by atoms with Crippen LogP contribution in [0.2, 0.25) is 0 Å². The molecular formula is C14H27N3O3. The summed E-state index contributed by atoms with van der Waals surface area (Å²) in [6.07, 6.45) is 2.77. The van der Waals surface area contributed by atoms with Crippen LogP contribution in [-0.4, -0.2) is 67.6 Å². The summed E-state index contributed by atoms with van der Waals surface area (Å²) in [6.45, 7) is 5.10. The Kier molecular flexibility index (Phi) is 7.54. The van der Waals surface area contributed by atoms with Gasteiger partial charge in [-0.05, 0) is 19.3 Å². The van der Waals surface area contributed by atoms with Crippen LogP contribution in [0.1, 0.15) is 32.6 Å². The van der Waals surface area contributed by atoms with Crippen LogP contribution in [0.4, 0.5) is 0 Å². The number of ether oxygens (including phenoxy) is 1. The van der Waals surface area contributed by atoms with E-state index in [0.717, 1.165) is 19.4 Å². The van der Waals surface area contributed by atoms with Crippen LogP contribution in [0.5, 0.6) is 0 Å². The number of nitrogens with zero attached hydrogens (tertiary/aromatic N) is 2. The van der Waals surface area contributed by atoms with E-state index in [0.29, 0.717) is 39.1 Å². The molecule has 6 heteroatoms. The van der Waals surface area contributed by atoms with Gasteiger partial charge in [0.15, 0.2) is 0 Å². The van der Waals surface area contributed by atoms with Crippen LogP contribution < -0.4 is 5.73 Å². The predicted molar refractivity (Wildman–Crippen MR) is 77.2 cm³/mol. The zero-order valence-electron chi connectivity index (χ0n) is 12.6. The van der Waals surface area contributed by atoms with Crippen LogP contribution in [0.15, 0.2) is 0 Å². The Hall–Kier alpha value is -1.14. The van der Waals surface area contributed by atoms with E-state index in [4.69, 9.17) is 10.5 Å².